The van der Waals surface area contributed by atoms with Crippen molar-refractivity contribution in [3.8, 4) is 11.6 Å². The summed E-state index contributed by atoms with van der Waals surface area (Å²) in [5.74, 6) is 2.38. The summed E-state index contributed by atoms with van der Waals surface area (Å²) in [6.07, 6.45) is 12.1. The van der Waals surface area contributed by atoms with Crippen molar-refractivity contribution >= 4 is 11.9 Å². The van der Waals surface area contributed by atoms with Crippen LogP contribution >= 0.6 is 0 Å². The Morgan fingerprint density at radius 3 is 2.43 bits per heavy atom. The molecule has 2 fully saturated rings. The topological polar surface area (TPSA) is 64.2 Å². The number of hydrogen-bond donors (Lipinski definition) is 0. The van der Waals surface area contributed by atoms with E-state index in [1.807, 2.05) is 29.2 Å². The molecule has 1 aliphatic heterocycles. The van der Waals surface area contributed by atoms with Gasteiger partial charge in [0.15, 0.2) is 5.76 Å². The summed E-state index contributed by atoms with van der Waals surface area (Å²) >= 11 is 0. The first-order chi connectivity index (χ1) is 16.9. The second kappa shape index (κ2) is 8.35. The second-order valence-electron chi connectivity index (χ2n) is 11.7. The molecule has 1 amide bonds. The summed E-state index contributed by atoms with van der Waals surface area (Å²) in [5, 5.41) is 5.05. The third-order valence-electron chi connectivity index (χ3n) is 8.66. The van der Waals surface area contributed by atoms with Crippen LogP contribution in [-0.2, 0) is 11.0 Å². The van der Waals surface area contributed by atoms with Gasteiger partial charge in [0.1, 0.15) is 0 Å². The van der Waals surface area contributed by atoms with Crippen LogP contribution in [0.2, 0.25) is 0 Å². The number of nitrogens with zero attached hydrogens (tertiary/aromatic N) is 4. The third-order valence-corrected chi connectivity index (χ3v) is 8.66. The first-order valence-electron chi connectivity index (χ1n) is 13.3. The molecule has 3 aliphatic rings. The van der Waals surface area contributed by atoms with Gasteiger partial charge in [-0.25, -0.2) is 4.68 Å². The molecule has 2 aromatic heterocycles. The van der Waals surface area contributed by atoms with Crippen LogP contribution in [0.4, 0.5) is 5.95 Å². The first-order valence-corrected chi connectivity index (χ1v) is 13.3. The van der Waals surface area contributed by atoms with E-state index < -0.39 is 0 Å². The van der Waals surface area contributed by atoms with Crippen LogP contribution in [0.5, 0.6) is 0 Å². The van der Waals surface area contributed by atoms with E-state index in [0.29, 0.717) is 23.5 Å². The SMILES string of the molecule is CC(C)(C)c1ccc(C(=O)N2c3nc(-c4ccco4)nn3C3(CCCCC3)[C@@H]3CCCC[C@@H]32)cc1. The van der Waals surface area contributed by atoms with Crippen molar-refractivity contribution in [3.63, 3.8) is 0 Å². The normalized spacial score (nSPS) is 23.7. The number of rotatable bonds is 2. The van der Waals surface area contributed by atoms with E-state index in [9.17, 15) is 4.79 Å². The molecule has 6 rings (SSSR count). The van der Waals surface area contributed by atoms with Crippen molar-refractivity contribution in [1.82, 2.24) is 14.8 Å². The molecule has 3 heterocycles. The summed E-state index contributed by atoms with van der Waals surface area (Å²) in [5.41, 5.74) is 1.94. The number of aromatic nitrogens is 3. The van der Waals surface area contributed by atoms with E-state index >= 15 is 0 Å². The zero-order chi connectivity index (χ0) is 24.2. The van der Waals surface area contributed by atoms with Crippen LogP contribution in [0.15, 0.2) is 47.1 Å². The van der Waals surface area contributed by atoms with Crippen molar-refractivity contribution in [3.05, 3.63) is 53.8 Å². The van der Waals surface area contributed by atoms with Crippen LogP contribution in [0.1, 0.15) is 94.5 Å². The molecule has 6 nitrogen and oxygen atoms in total. The molecule has 2 aliphatic carbocycles. The number of carbonyl (C=O) groups excluding carboxylic acids is 1. The smallest absolute Gasteiger partial charge is 0.260 e. The maximum atomic E-state index is 14.2. The molecule has 2 atom stereocenters. The molecule has 0 bridgehead atoms. The molecule has 35 heavy (non-hydrogen) atoms. The van der Waals surface area contributed by atoms with Gasteiger partial charge in [0, 0.05) is 17.5 Å². The number of carbonyl (C=O) groups is 1. The van der Waals surface area contributed by atoms with Gasteiger partial charge in [-0.1, -0.05) is 65.0 Å². The summed E-state index contributed by atoms with van der Waals surface area (Å²) in [6.45, 7) is 6.59. The van der Waals surface area contributed by atoms with Gasteiger partial charge in [0.05, 0.1) is 11.8 Å². The minimum absolute atomic E-state index is 0.0349. The fourth-order valence-electron chi connectivity index (χ4n) is 6.86. The largest absolute Gasteiger partial charge is 0.461 e. The standard InChI is InChI=1S/C29H36N4O2/c1-28(2,3)21-15-13-20(14-16-21)26(34)32-23-11-6-5-10-22(23)29(17-7-4-8-18-29)33-27(32)30-25(31-33)24-12-9-19-35-24/h9,12-16,19,22-23H,4-8,10-11,17-18H2,1-3H3/t22-,23+/m1/s1. The summed E-state index contributed by atoms with van der Waals surface area (Å²) in [6, 6.07) is 12.1. The van der Waals surface area contributed by atoms with E-state index in [-0.39, 0.29) is 22.9 Å². The molecule has 184 valence electrons. The lowest BCUT2D eigenvalue weighted by Crippen LogP contribution is -2.61. The maximum Gasteiger partial charge on any atom is 0.260 e. The average Bonchev–Trinajstić information content (AvgIpc) is 3.55. The summed E-state index contributed by atoms with van der Waals surface area (Å²) < 4.78 is 7.83. The monoisotopic (exact) mass is 472 g/mol. The van der Waals surface area contributed by atoms with E-state index in [1.165, 1.54) is 31.2 Å². The zero-order valence-corrected chi connectivity index (χ0v) is 21.2. The van der Waals surface area contributed by atoms with Crippen LogP contribution < -0.4 is 4.90 Å². The highest BCUT2D eigenvalue weighted by Crippen LogP contribution is 2.53. The lowest BCUT2D eigenvalue weighted by Gasteiger charge is -2.55. The second-order valence-corrected chi connectivity index (χ2v) is 11.7. The van der Waals surface area contributed by atoms with Gasteiger partial charge in [0.25, 0.3) is 5.91 Å². The van der Waals surface area contributed by atoms with Crippen LogP contribution in [0, 0.1) is 5.92 Å². The highest BCUT2D eigenvalue weighted by atomic mass is 16.3. The Morgan fingerprint density at radius 2 is 1.74 bits per heavy atom. The number of amides is 1. The molecular weight excluding hydrogens is 436 g/mol. The molecule has 0 radical (unpaired) electrons. The number of hydrogen-bond acceptors (Lipinski definition) is 4. The maximum absolute atomic E-state index is 14.2. The first kappa shape index (κ1) is 22.6. The van der Waals surface area contributed by atoms with Gasteiger partial charge in [-0.2, -0.15) is 4.98 Å². The Morgan fingerprint density at radius 1 is 1.00 bits per heavy atom. The Bertz CT molecular complexity index is 1200. The number of anilines is 1. The van der Waals surface area contributed by atoms with Crippen molar-refractivity contribution < 1.29 is 9.21 Å². The van der Waals surface area contributed by atoms with Gasteiger partial charge >= 0.3 is 0 Å². The molecule has 0 saturated heterocycles. The Labute approximate surface area is 207 Å². The van der Waals surface area contributed by atoms with E-state index in [0.717, 1.165) is 37.7 Å². The van der Waals surface area contributed by atoms with Gasteiger partial charge in [0.2, 0.25) is 11.8 Å². The average molecular weight is 473 g/mol. The molecule has 1 aromatic carbocycles. The minimum atomic E-state index is -0.0522. The molecule has 0 N–H and O–H groups in total. The summed E-state index contributed by atoms with van der Waals surface area (Å²) in [4.78, 5) is 21.1. The lowest BCUT2D eigenvalue weighted by atomic mass is 9.64. The fraction of sp³-hybridized carbons (Fsp3) is 0.552. The van der Waals surface area contributed by atoms with E-state index in [2.05, 4.69) is 37.6 Å². The zero-order valence-electron chi connectivity index (χ0n) is 21.2. The van der Waals surface area contributed by atoms with Crippen molar-refractivity contribution in [1.29, 1.82) is 0 Å². The van der Waals surface area contributed by atoms with Crippen molar-refractivity contribution in [2.75, 3.05) is 4.90 Å². The number of benzene rings is 1. The molecule has 0 unspecified atom stereocenters. The highest BCUT2D eigenvalue weighted by Gasteiger charge is 2.55. The predicted octanol–water partition coefficient (Wildman–Crippen LogP) is 6.71. The minimum Gasteiger partial charge on any atom is -0.461 e. The molecular formula is C29H36N4O2. The highest BCUT2D eigenvalue weighted by molar-refractivity contribution is 6.06. The van der Waals surface area contributed by atoms with Crippen LogP contribution in [0.25, 0.3) is 11.6 Å². The number of furan rings is 1. The molecule has 3 aromatic rings. The van der Waals surface area contributed by atoms with Crippen LogP contribution in [0.3, 0.4) is 0 Å². The molecule has 6 heteroatoms. The Balaban J connectivity index is 1.48. The lowest BCUT2D eigenvalue weighted by molar-refractivity contribution is 0.0314. The van der Waals surface area contributed by atoms with Gasteiger partial charge in [-0.3, -0.25) is 9.69 Å². The van der Waals surface area contributed by atoms with Crippen LogP contribution in [-0.4, -0.2) is 26.7 Å². The predicted molar refractivity (Wildman–Crippen MR) is 136 cm³/mol. The summed E-state index contributed by atoms with van der Waals surface area (Å²) in [7, 11) is 0. The van der Waals surface area contributed by atoms with E-state index in [1.54, 1.807) is 6.26 Å². The van der Waals surface area contributed by atoms with Crippen molar-refractivity contribution in [2.24, 2.45) is 5.92 Å². The fourth-order valence-corrected chi connectivity index (χ4v) is 6.86. The van der Waals surface area contributed by atoms with Gasteiger partial charge < -0.3 is 4.42 Å². The van der Waals surface area contributed by atoms with E-state index in [4.69, 9.17) is 14.5 Å². The molecule has 2 saturated carbocycles. The Hall–Kier alpha value is -2.89. The molecule has 1 spiro atoms. The van der Waals surface area contributed by atoms with Gasteiger partial charge in [-0.15, -0.1) is 5.10 Å². The number of fused-ring (bicyclic) bond motifs is 4. The quantitative estimate of drug-likeness (QED) is 0.416. The van der Waals surface area contributed by atoms with Gasteiger partial charge in [-0.05, 0) is 60.9 Å². The third kappa shape index (κ3) is 3.64. The Kier molecular flexibility index (Phi) is 5.39. The van der Waals surface area contributed by atoms with Crippen molar-refractivity contribution in [2.45, 2.75) is 95.6 Å².